The van der Waals surface area contributed by atoms with E-state index in [0.717, 1.165) is 29.0 Å². The Morgan fingerprint density at radius 2 is 1.72 bits per heavy atom. The van der Waals surface area contributed by atoms with E-state index in [1.165, 1.54) is 16.0 Å². The van der Waals surface area contributed by atoms with Gasteiger partial charge in [-0.2, -0.15) is 0 Å². The maximum absolute atomic E-state index is 4.40. The number of allylic oxidation sites excluding steroid dienone is 1. The molecule has 128 valence electrons. The summed E-state index contributed by atoms with van der Waals surface area (Å²) in [4.78, 5) is 1.25. The Morgan fingerprint density at radius 3 is 2.44 bits per heavy atom. The highest BCUT2D eigenvalue weighted by Crippen LogP contribution is 2.26. The summed E-state index contributed by atoms with van der Waals surface area (Å²) < 4.78 is 2.15. The molecule has 0 amide bonds. The third kappa shape index (κ3) is 5.00. The lowest BCUT2D eigenvalue weighted by Gasteiger charge is -2.08. The number of aromatic nitrogens is 3. The second-order valence-electron chi connectivity index (χ2n) is 5.67. The van der Waals surface area contributed by atoms with E-state index in [4.69, 9.17) is 0 Å². The molecule has 0 saturated heterocycles. The minimum absolute atomic E-state index is 0.730. The van der Waals surface area contributed by atoms with Crippen molar-refractivity contribution >= 4 is 23.5 Å². The smallest absolute Gasteiger partial charge is 0.191 e. The average molecular weight is 368 g/mol. The van der Waals surface area contributed by atoms with Gasteiger partial charge in [-0.25, -0.2) is 0 Å². The molecule has 3 nitrogen and oxygen atoms in total. The van der Waals surface area contributed by atoms with Crippen LogP contribution in [0.1, 0.15) is 17.0 Å². The number of thioether (sulfide) groups is 2. The Labute approximate surface area is 157 Å². The third-order valence-corrected chi connectivity index (χ3v) is 5.75. The van der Waals surface area contributed by atoms with Crippen molar-refractivity contribution in [2.45, 2.75) is 35.0 Å². The highest BCUT2D eigenvalue weighted by atomic mass is 32.2. The molecule has 3 rings (SSSR count). The standard InChI is InChI=1S/C20H21N3S2/c1-3-13-23-19(15-24-18-11-9-16(2)10-12-18)21-22-20(23)25-14-17-7-5-4-6-8-17/h3-12H,1,13-15H2,2H3. The lowest BCUT2D eigenvalue weighted by Crippen LogP contribution is -2.03. The van der Waals surface area contributed by atoms with Gasteiger partial charge in [0, 0.05) is 17.2 Å². The lowest BCUT2D eigenvalue weighted by atomic mass is 10.2. The molecule has 0 N–H and O–H groups in total. The first-order valence-electron chi connectivity index (χ1n) is 8.15. The molecular formula is C20H21N3S2. The molecule has 0 bridgehead atoms. The quantitative estimate of drug-likeness (QED) is 0.396. The van der Waals surface area contributed by atoms with Gasteiger partial charge in [0.25, 0.3) is 0 Å². The van der Waals surface area contributed by atoms with Crippen molar-refractivity contribution in [2.75, 3.05) is 0 Å². The van der Waals surface area contributed by atoms with E-state index < -0.39 is 0 Å². The van der Waals surface area contributed by atoms with Crippen LogP contribution >= 0.6 is 23.5 Å². The highest BCUT2D eigenvalue weighted by molar-refractivity contribution is 7.98. The Kier molecular flexibility index (Phi) is 6.36. The van der Waals surface area contributed by atoms with Crippen LogP contribution in [0, 0.1) is 6.92 Å². The van der Waals surface area contributed by atoms with E-state index in [2.05, 4.69) is 76.8 Å². The summed E-state index contributed by atoms with van der Waals surface area (Å²) in [5, 5.41) is 9.74. The van der Waals surface area contributed by atoms with Crippen LogP contribution in [-0.4, -0.2) is 14.8 Å². The summed E-state index contributed by atoms with van der Waals surface area (Å²) in [5.41, 5.74) is 2.56. The van der Waals surface area contributed by atoms with E-state index in [1.807, 2.05) is 12.1 Å². The number of benzene rings is 2. The molecule has 25 heavy (non-hydrogen) atoms. The number of hydrogen-bond donors (Lipinski definition) is 0. The van der Waals surface area contributed by atoms with Gasteiger partial charge >= 0.3 is 0 Å². The molecule has 2 aromatic carbocycles. The first kappa shape index (κ1) is 17.8. The monoisotopic (exact) mass is 367 g/mol. The minimum atomic E-state index is 0.730. The first-order valence-corrected chi connectivity index (χ1v) is 10.1. The SMILES string of the molecule is C=CCn1c(CSc2ccc(C)cc2)nnc1SCc1ccccc1. The number of nitrogens with zero attached hydrogens (tertiary/aromatic N) is 3. The van der Waals surface area contributed by atoms with Crippen molar-refractivity contribution in [1.82, 2.24) is 14.8 Å². The topological polar surface area (TPSA) is 30.7 Å². The van der Waals surface area contributed by atoms with E-state index in [0.29, 0.717) is 0 Å². The van der Waals surface area contributed by atoms with Crippen molar-refractivity contribution in [3.8, 4) is 0 Å². The molecule has 5 heteroatoms. The van der Waals surface area contributed by atoms with Crippen LogP contribution in [0.4, 0.5) is 0 Å². The highest BCUT2D eigenvalue weighted by Gasteiger charge is 2.12. The van der Waals surface area contributed by atoms with E-state index in [9.17, 15) is 0 Å². The fraction of sp³-hybridized carbons (Fsp3) is 0.200. The molecule has 0 aliphatic carbocycles. The molecule has 0 aliphatic heterocycles. The van der Waals surface area contributed by atoms with E-state index in [-0.39, 0.29) is 0 Å². The molecule has 3 aromatic rings. The zero-order chi connectivity index (χ0) is 17.5. The van der Waals surface area contributed by atoms with Crippen LogP contribution in [0.2, 0.25) is 0 Å². The van der Waals surface area contributed by atoms with E-state index in [1.54, 1.807) is 23.5 Å². The largest absolute Gasteiger partial charge is 0.301 e. The van der Waals surface area contributed by atoms with Gasteiger partial charge in [-0.1, -0.05) is 65.9 Å². The summed E-state index contributed by atoms with van der Waals surface area (Å²) in [6.45, 7) is 6.70. The Morgan fingerprint density at radius 1 is 0.960 bits per heavy atom. The lowest BCUT2D eigenvalue weighted by molar-refractivity contribution is 0.700. The van der Waals surface area contributed by atoms with Crippen molar-refractivity contribution < 1.29 is 0 Å². The fourth-order valence-corrected chi connectivity index (χ4v) is 4.11. The summed E-state index contributed by atoms with van der Waals surface area (Å²) in [6.07, 6.45) is 1.90. The first-order chi connectivity index (χ1) is 12.3. The van der Waals surface area contributed by atoms with Gasteiger partial charge in [0.15, 0.2) is 5.16 Å². The number of hydrogen-bond acceptors (Lipinski definition) is 4. The molecule has 1 heterocycles. The van der Waals surface area contributed by atoms with Gasteiger partial charge in [0.1, 0.15) is 5.82 Å². The molecular weight excluding hydrogens is 346 g/mol. The Bertz CT molecular complexity index is 811. The zero-order valence-corrected chi connectivity index (χ0v) is 15.9. The molecule has 0 fully saturated rings. The molecule has 0 spiro atoms. The van der Waals surface area contributed by atoms with Crippen molar-refractivity contribution in [2.24, 2.45) is 0 Å². The molecule has 1 aromatic heterocycles. The van der Waals surface area contributed by atoms with Crippen LogP contribution in [0.5, 0.6) is 0 Å². The Balaban J connectivity index is 1.68. The third-order valence-electron chi connectivity index (χ3n) is 3.70. The molecule has 0 aliphatic rings. The van der Waals surface area contributed by atoms with Crippen molar-refractivity contribution in [3.05, 3.63) is 84.2 Å². The van der Waals surface area contributed by atoms with Gasteiger partial charge in [-0.3, -0.25) is 0 Å². The minimum Gasteiger partial charge on any atom is -0.301 e. The molecule has 0 saturated carbocycles. The number of aryl methyl sites for hydroxylation is 1. The van der Waals surface area contributed by atoms with Gasteiger partial charge in [0.2, 0.25) is 0 Å². The van der Waals surface area contributed by atoms with Gasteiger partial charge in [0.05, 0.1) is 5.75 Å². The van der Waals surface area contributed by atoms with Gasteiger partial charge in [-0.15, -0.1) is 28.5 Å². The van der Waals surface area contributed by atoms with Crippen molar-refractivity contribution in [1.29, 1.82) is 0 Å². The average Bonchev–Trinajstić information content (AvgIpc) is 3.03. The summed E-state index contributed by atoms with van der Waals surface area (Å²) >= 11 is 3.50. The number of rotatable bonds is 8. The van der Waals surface area contributed by atoms with E-state index >= 15 is 0 Å². The van der Waals surface area contributed by atoms with Crippen LogP contribution in [0.15, 0.2) is 77.3 Å². The van der Waals surface area contributed by atoms with Crippen LogP contribution < -0.4 is 0 Å². The molecule has 0 radical (unpaired) electrons. The summed E-state index contributed by atoms with van der Waals surface area (Å²) in [5.74, 6) is 2.68. The molecule has 0 atom stereocenters. The maximum atomic E-state index is 4.40. The maximum Gasteiger partial charge on any atom is 0.191 e. The fourth-order valence-electron chi connectivity index (χ4n) is 2.35. The van der Waals surface area contributed by atoms with Crippen LogP contribution in [0.3, 0.4) is 0 Å². The predicted molar refractivity (Wildman–Crippen MR) is 107 cm³/mol. The van der Waals surface area contributed by atoms with Crippen LogP contribution in [0.25, 0.3) is 0 Å². The molecule has 0 unspecified atom stereocenters. The normalized spacial score (nSPS) is 10.8. The van der Waals surface area contributed by atoms with Gasteiger partial charge < -0.3 is 4.57 Å². The Hall–Kier alpha value is -1.98. The van der Waals surface area contributed by atoms with Crippen LogP contribution in [-0.2, 0) is 18.1 Å². The summed E-state index contributed by atoms with van der Waals surface area (Å²) in [7, 11) is 0. The van der Waals surface area contributed by atoms with Gasteiger partial charge in [-0.05, 0) is 24.6 Å². The zero-order valence-electron chi connectivity index (χ0n) is 14.3. The second kappa shape index (κ2) is 8.92. The van der Waals surface area contributed by atoms with Crippen molar-refractivity contribution in [3.63, 3.8) is 0 Å². The summed E-state index contributed by atoms with van der Waals surface area (Å²) in [6, 6.07) is 19.0. The predicted octanol–water partition coefficient (Wildman–Crippen LogP) is 5.36. The second-order valence-corrected chi connectivity index (χ2v) is 7.67.